The van der Waals surface area contributed by atoms with Crippen molar-refractivity contribution in [2.24, 2.45) is 5.90 Å². The summed E-state index contributed by atoms with van der Waals surface area (Å²) in [6.07, 6.45) is 1.11. The third-order valence-electron chi connectivity index (χ3n) is 0.612. The SMILES string of the molecule is C.CCCNCON. The maximum Gasteiger partial charge on any atom is 0.118 e. The number of nitrogens with two attached hydrogens (primary N) is 1. The molecule has 0 bridgehead atoms. The van der Waals surface area contributed by atoms with Crippen molar-refractivity contribution in [1.29, 1.82) is 0 Å². The Labute approximate surface area is 51.2 Å². The van der Waals surface area contributed by atoms with Crippen LogP contribution in [0, 0.1) is 0 Å². The number of hydrogen-bond acceptors (Lipinski definition) is 3. The van der Waals surface area contributed by atoms with Gasteiger partial charge in [0, 0.05) is 0 Å². The van der Waals surface area contributed by atoms with Crippen molar-refractivity contribution < 1.29 is 4.84 Å². The normalized spacial score (nSPS) is 8.25. The van der Waals surface area contributed by atoms with Crippen LogP contribution in [0.25, 0.3) is 0 Å². The average molecular weight is 120 g/mol. The second-order valence-electron chi connectivity index (χ2n) is 1.31. The number of hydrogen-bond donors (Lipinski definition) is 2. The topological polar surface area (TPSA) is 47.3 Å². The summed E-state index contributed by atoms with van der Waals surface area (Å²) >= 11 is 0. The molecule has 0 atom stereocenters. The monoisotopic (exact) mass is 120 g/mol. The molecule has 0 aliphatic heterocycles. The highest BCUT2D eigenvalue weighted by Gasteiger charge is 1.76. The van der Waals surface area contributed by atoms with Gasteiger partial charge in [0.1, 0.15) is 6.73 Å². The highest BCUT2D eigenvalue weighted by Crippen LogP contribution is 1.66. The van der Waals surface area contributed by atoms with Crippen LogP contribution in [-0.4, -0.2) is 13.3 Å². The molecular weight excluding hydrogens is 104 g/mol. The zero-order chi connectivity index (χ0) is 5.54. The van der Waals surface area contributed by atoms with E-state index in [2.05, 4.69) is 17.1 Å². The Morgan fingerprint density at radius 1 is 1.62 bits per heavy atom. The van der Waals surface area contributed by atoms with Crippen molar-refractivity contribution in [2.75, 3.05) is 13.3 Å². The molecule has 0 saturated carbocycles. The molecule has 0 amide bonds. The van der Waals surface area contributed by atoms with Gasteiger partial charge < -0.3 is 0 Å². The van der Waals surface area contributed by atoms with Gasteiger partial charge in [-0.1, -0.05) is 14.4 Å². The van der Waals surface area contributed by atoms with E-state index in [0.29, 0.717) is 6.73 Å². The average Bonchev–Trinajstić information content (AvgIpc) is 1.69. The van der Waals surface area contributed by atoms with Gasteiger partial charge in [0.2, 0.25) is 0 Å². The van der Waals surface area contributed by atoms with Gasteiger partial charge in [-0.05, 0) is 13.0 Å². The van der Waals surface area contributed by atoms with Crippen molar-refractivity contribution in [3.05, 3.63) is 0 Å². The van der Waals surface area contributed by atoms with E-state index in [1.54, 1.807) is 0 Å². The molecule has 8 heavy (non-hydrogen) atoms. The molecule has 0 radical (unpaired) electrons. The molecule has 3 heteroatoms. The molecule has 0 aromatic rings. The van der Waals surface area contributed by atoms with Crippen LogP contribution in [-0.2, 0) is 4.84 Å². The van der Waals surface area contributed by atoms with E-state index in [1.807, 2.05) is 0 Å². The third-order valence-corrected chi connectivity index (χ3v) is 0.612. The zero-order valence-corrected chi connectivity index (χ0v) is 4.61. The predicted molar refractivity (Wildman–Crippen MR) is 35.2 cm³/mol. The summed E-state index contributed by atoms with van der Waals surface area (Å²) in [6.45, 7) is 3.51. The third kappa shape index (κ3) is 9.30. The summed E-state index contributed by atoms with van der Waals surface area (Å²) in [4.78, 5) is 4.23. The minimum atomic E-state index is 0. The Hall–Kier alpha value is -0.120. The van der Waals surface area contributed by atoms with E-state index in [4.69, 9.17) is 5.90 Å². The van der Waals surface area contributed by atoms with E-state index in [9.17, 15) is 0 Å². The van der Waals surface area contributed by atoms with Crippen molar-refractivity contribution in [1.82, 2.24) is 5.32 Å². The standard InChI is InChI=1S/C4H12N2O.CH4/c1-2-3-6-4-7-5;/h6H,2-5H2,1H3;1H4. The summed E-state index contributed by atoms with van der Waals surface area (Å²) in [6, 6.07) is 0. The molecule has 0 aromatic heterocycles. The molecule has 0 fully saturated rings. The fraction of sp³-hybridized carbons (Fsp3) is 1.00. The lowest BCUT2D eigenvalue weighted by atomic mass is 10.5. The fourth-order valence-electron chi connectivity index (χ4n) is 0.308. The van der Waals surface area contributed by atoms with Gasteiger partial charge in [0.25, 0.3) is 0 Å². The molecule has 3 N–H and O–H groups in total. The summed E-state index contributed by atoms with van der Waals surface area (Å²) in [7, 11) is 0. The molecule has 0 aliphatic carbocycles. The van der Waals surface area contributed by atoms with Gasteiger partial charge >= 0.3 is 0 Å². The van der Waals surface area contributed by atoms with E-state index >= 15 is 0 Å². The Balaban J connectivity index is 0. The number of nitrogens with one attached hydrogen (secondary N) is 1. The van der Waals surface area contributed by atoms with Crippen LogP contribution in [0.5, 0.6) is 0 Å². The number of rotatable bonds is 4. The first kappa shape index (κ1) is 10.8. The van der Waals surface area contributed by atoms with Gasteiger partial charge in [-0.15, -0.1) is 0 Å². The van der Waals surface area contributed by atoms with Gasteiger partial charge in [-0.25, -0.2) is 5.90 Å². The van der Waals surface area contributed by atoms with E-state index in [1.165, 1.54) is 0 Å². The first-order valence-electron chi connectivity index (χ1n) is 2.44. The second kappa shape index (κ2) is 9.99. The summed E-state index contributed by atoms with van der Waals surface area (Å²) < 4.78 is 0. The fourth-order valence-corrected chi connectivity index (χ4v) is 0.308. The van der Waals surface area contributed by atoms with Gasteiger partial charge in [-0.2, -0.15) is 0 Å². The van der Waals surface area contributed by atoms with Gasteiger partial charge in [-0.3, -0.25) is 10.2 Å². The Morgan fingerprint density at radius 3 is 2.62 bits per heavy atom. The van der Waals surface area contributed by atoms with Gasteiger partial charge in [0.05, 0.1) is 0 Å². The summed E-state index contributed by atoms with van der Waals surface area (Å²) in [5.41, 5.74) is 0. The van der Waals surface area contributed by atoms with Crippen LogP contribution < -0.4 is 11.2 Å². The smallest absolute Gasteiger partial charge is 0.118 e. The molecule has 0 unspecified atom stereocenters. The molecule has 0 rings (SSSR count). The summed E-state index contributed by atoms with van der Waals surface area (Å²) in [5, 5.41) is 2.94. The van der Waals surface area contributed by atoms with Crippen LogP contribution in [0.15, 0.2) is 0 Å². The van der Waals surface area contributed by atoms with E-state index in [-0.39, 0.29) is 7.43 Å². The zero-order valence-electron chi connectivity index (χ0n) is 4.61. The molecule has 0 aromatic carbocycles. The van der Waals surface area contributed by atoms with Crippen LogP contribution in [0.3, 0.4) is 0 Å². The molecular formula is C5H16N2O. The lowest BCUT2D eigenvalue weighted by Crippen LogP contribution is -2.20. The molecule has 52 valence electrons. The van der Waals surface area contributed by atoms with Crippen molar-refractivity contribution >= 4 is 0 Å². The molecule has 0 saturated heterocycles. The Bertz CT molecular complexity index is 29.6. The molecule has 3 nitrogen and oxygen atoms in total. The maximum absolute atomic E-state index is 4.71. The van der Waals surface area contributed by atoms with E-state index < -0.39 is 0 Å². The molecule has 0 aliphatic rings. The lowest BCUT2D eigenvalue weighted by molar-refractivity contribution is 0.120. The van der Waals surface area contributed by atoms with Crippen LogP contribution in [0.4, 0.5) is 0 Å². The van der Waals surface area contributed by atoms with Crippen LogP contribution in [0.2, 0.25) is 0 Å². The van der Waals surface area contributed by atoms with E-state index in [0.717, 1.165) is 13.0 Å². The minimum Gasteiger partial charge on any atom is -0.293 e. The predicted octanol–water partition coefficient (Wildman–Crippen LogP) is 0.470. The van der Waals surface area contributed by atoms with Crippen LogP contribution in [0.1, 0.15) is 20.8 Å². The van der Waals surface area contributed by atoms with Gasteiger partial charge in [0.15, 0.2) is 0 Å². The highest BCUT2D eigenvalue weighted by atomic mass is 16.6. The lowest BCUT2D eigenvalue weighted by Gasteiger charge is -1.96. The largest absolute Gasteiger partial charge is 0.293 e. The second-order valence-corrected chi connectivity index (χ2v) is 1.31. The van der Waals surface area contributed by atoms with Crippen molar-refractivity contribution in [3.63, 3.8) is 0 Å². The first-order chi connectivity index (χ1) is 3.41. The van der Waals surface area contributed by atoms with Crippen LogP contribution >= 0.6 is 0 Å². The minimum absolute atomic E-state index is 0. The Kier molecular flexibility index (Phi) is 13.5. The molecule has 0 spiro atoms. The summed E-state index contributed by atoms with van der Waals surface area (Å²) in [5.74, 6) is 4.71. The maximum atomic E-state index is 4.71. The highest BCUT2D eigenvalue weighted by molar-refractivity contribution is 4.32. The molecule has 0 heterocycles. The van der Waals surface area contributed by atoms with Crippen molar-refractivity contribution in [3.8, 4) is 0 Å². The Morgan fingerprint density at radius 2 is 2.25 bits per heavy atom. The quantitative estimate of drug-likeness (QED) is 0.322. The first-order valence-corrected chi connectivity index (χ1v) is 2.44. The van der Waals surface area contributed by atoms with Crippen molar-refractivity contribution in [2.45, 2.75) is 20.8 Å².